The summed E-state index contributed by atoms with van der Waals surface area (Å²) in [5.41, 5.74) is 0. The van der Waals surface area contributed by atoms with E-state index in [4.69, 9.17) is 4.74 Å². The van der Waals surface area contributed by atoms with E-state index in [1.54, 1.807) is 0 Å². The van der Waals surface area contributed by atoms with Gasteiger partial charge in [-0.3, -0.25) is 0 Å². The third kappa shape index (κ3) is 2.66. The maximum atomic E-state index is 12.4. The molecule has 1 heterocycles. The van der Waals surface area contributed by atoms with Crippen LogP contribution in [-0.4, -0.2) is 43.1 Å². The molecule has 0 unspecified atom stereocenters. The number of aromatic hydroxyl groups is 1. The molecule has 1 aromatic rings. The maximum Gasteiger partial charge on any atom is 0.243 e. The van der Waals surface area contributed by atoms with Crippen LogP contribution >= 0.6 is 0 Å². The molecule has 2 rings (SSSR count). The van der Waals surface area contributed by atoms with Crippen LogP contribution in [-0.2, 0) is 14.8 Å². The van der Waals surface area contributed by atoms with Crippen LogP contribution in [0, 0.1) is 0 Å². The van der Waals surface area contributed by atoms with Gasteiger partial charge in [-0.1, -0.05) is 6.07 Å². The molecule has 1 N–H and O–H groups in total. The fourth-order valence-electron chi connectivity index (χ4n) is 2.12. The van der Waals surface area contributed by atoms with Gasteiger partial charge in [0.15, 0.2) is 0 Å². The summed E-state index contributed by atoms with van der Waals surface area (Å²) < 4.78 is 31.7. The van der Waals surface area contributed by atoms with Gasteiger partial charge in [-0.05, 0) is 32.0 Å². The van der Waals surface area contributed by atoms with Crippen molar-refractivity contribution >= 4 is 10.0 Å². The topological polar surface area (TPSA) is 66.8 Å². The molecule has 18 heavy (non-hydrogen) atoms. The van der Waals surface area contributed by atoms with Gasteiger partial charge in [0, 0.05) is 13.1 Å². The van der Waals surface area contributed by atoms with E-state index in [0.29, 0.717) is 13.1 Å². The van der Waals surface area contributed by atoms with Crippen molar-refractivity contribution in [2.75, 3.05) is 13.1 Å². The van der Waals surface area contributed by atoms with Crippen LogP contribution in [0.2, 0.25) is 0 Å². The van der Waals surface area contributed by atoms with Crippen LogP contribution < -0.4 is 0 Å². The SMILES string of the molecule is C[C@@H]1CN(S(=O)(=O)c2cccc(O)c2)C[C@H](C)O1. The lowest BCUT2D eigenvalue weighted by atomic mass is 10.3. The van der Waals surface area contributed by atoms with Crippen LogP contribution in [0.15, 0.2) is 29.2 Å². The van der Waals surface area contributed by atoms with Crippen molar-refractivity contribution in [3.63, 3.8) is 0 Å². The second kappa shape index (κ2) is 4.87. The van der Waals surface area contributed by atoms with Gasteiger partial charge in [0.2, 0.25) is 10.0 Å². The fourth-order valence-corrected chi connectivity index (χ4v) is 3.75. The first kappa shape index (κ1) is 13.3. The molecule has 6 heteroatoms. The molecule has 1 saturated heterocycles. The number of nitrogens with zero attached hydrogens (tertiary/aromatic N) is 1. The third-order valence-corrected chi connectivity index (χ3v) is 4.67. The summed E-state index contributed by atoms with van der Waals surface area (Å²) >= 11 is 0. The van der Waals surface area contributed by atoms with Crippen molar-refractivity contribution in [3.05, 3.63) is 24.3 Å². The summed E-state index contributed by atoms with van der Waals surface area (Å²) in [6, 6.07) is 5.72. The third-order valence-electron chi connectivity index (χ3n) is 2.84. The Morgan fingerprint density at radius 1 is 1.28 bits per heavy atom. The first-order chi connectivity index (χ1) is 8.39. The van der Waals surface area contributed by atoms with Crippen molar-refractivity contribution in [1.82, 2.24) is 4.31 Å². The zero-order valence-electron chi connectivity index (χ0n) is 10.4. The van der Waals surface area contributed by atoms with Crippen LogP contribution in [0.5, 0.6) is 5.75 Å². The van der Waals surface area contributed by atoms with E-state index < -0.39 is 10.0 Å². The van der Waals surface area contributed by atoms with Crippen molar-refractivity contribution in [2.24, 2.45) is 0 Å². The van der Waals surface area contributed by atoms with Gasteiger partial charge in [-0.25, -0.2) is 8.42 Å². The van der Waals surface area contributed by atoms with Crippen LogP contribution in [0.25, 0.3) is 0 Å². The molecule has 0 saturated carbocycles. The molecule has 1 fully saturated rings. The lowest BCUT2D eigenvalue weighted by molar-refractivity contribution is -0.0440. The van der Waals surface area contributed by atoms with E-state index in [0.717, 1.165) is 0 Å². The Labute approximate surface area is 107 Å². The van der Waals surface area contributed by atoms with Crippen molar-refractivity contribution < 1.29 is 18.3 Å². The minimum atomic E-state index is -3.56. The van der Waals surface area contributed by atoms with Crippen LogP contribution in [0.4, 0.5) is 0 Å². The number of morpholine rings is 1. The lowest BCUT2D eigenvalue weighted by Gasteiger charge is -2.34. The summed E-state index contributed by atoms with van der Waals surface area (Å²) in [6.45, 7) is 4.37. The zero-order chi connectivity index (χ0) is 13.3. The fraction of sp³-hybridized carbons (Fsp3) is 0.500. The Balaban J connectivity index is 2.31. The molecule has 1 aromatic carbocycles. The van der Waals surface area contributed by atoms with Gasteiger partial charge in [0.25, 0.3) is 0 Å². The Morgan fingerprint density at radius 3 is 2.44 bits per heavy atom. The van der Waals surface area contributed by atoms with Gasteiger partial charge in [-0.15, -0.1) is 0 Å². The first-order valence-corrected chi connectivity index (χ1v) is 7.28. The average molecular weight is 271 g/mol. The number of rotatable bonds is 2. The Morgan fingerprint density at radius 2 is 1.89 bits per heavy atom. The van der Waals surface area contributed by atoms with Gasteiger partial charge >= 0.3 is 0 Å². The molecular weight excluding hydrogens is 254 g/mol. The smallest absolute Gasteiger partial charge is 0.243 e. The minimum Gasteiger partial charge on any atom is -0.508 e. The molecule has 0 aromatic heterocycles. The number of hydrogen-bond donors (Lipinski definition) is 1. The molecule has 0 radical (unpaired) electrons. The van der Waals surface area contributed by atoms with E-state index in [1.807, 2.05) is 13.8 Å². The Bertz CT molecular complexity index is 519. The normalized spacial score (nSPS) is 26.1. The Kier molecular flexibility index (Phi) is 3.61. The van der Waals surface area contributed by atoms with Gasteiger partial charge in [0.1, 0.15) is 5.75 Å². The molecule has 0 spiro atoms. The second-order valence-corrected chi connectivity index (χ2v) is 6.51. The van der Waals surface area contributed by atoms with E-state index in [2.05, 4.69) is 0 Å². The molecule has 1 aliphatic heterocycles. The predicted molar refractivity (Wildman–Crippen MR) is 66.9 cm³/mol. The second-order valence-electron chi connectivity index (χ2n) is 4.58. The summed E-state index contributed by atoms with van der Waals surface area (Å²) in [7, 11) is -3.56. The summed E-state index contributed by atoms with van der Waals surface area (Å²) in [5, 5.41) is 9.37. The predicted octanol–water partition coefficient (Wildman–Crippen LogP) is 1.19. The molecule has 0 amide bonds. The van der Waals surface area contributed by atoms with Crippen LogP contribution in [0.3, 0.4) is 0 Å². The monoisotopic (exact) mass is 271 g/mol. The average Bonchev–Trinajstić information content (AvgIpc) is 2.27. The van der Waals surface area contributed by atoms with Crippen molar-refractivity contribution in [3.8, 4) is 5.75 Å². The van der Waals surface area contributed by atoms with E-state index in [-0.39, 0.29) is 22.9 Å². The largest absolute Gasteiger partial charge is 0.508 e. The van der Waals surface area contributed by atoms with Crippen molar-refractivity contribution in [1.29, 1.82) is 0 Å². The van der Waals surface area contributed by atoms with E-state index >= 15 is 0 Å². The molecule has 100 valence electrons. The highest BCUT2D eigenvalue weighted by molar-refractivity contribution is 7.89. The number of phenols is 1. The molecule has 5 nitrogen and oxygen atoms in total. The number of phenolic OH excluding ortho intramolecular Hbond substituents is 1. The molecular formula is C12H17NO4S. The molecule has 2 atom stereocenters. The Hall–Kier alpha value is -1.11. The summed E-state index contributed by atoms with van der Waals surface area (Å²) in [5.74, 6) is -0.0505. The van der Waals surface area contributed by atoms with Crippen LogP contribution in [0.1, 0.15) is 13.8 Å². The molecule has 0 bridgehead atoms. The lowest BCUT2D eigenvalue weighted by Crippen LogP contribution is -2.48. The number of ether oxygens (including phenoxy) is 1. The maximum absolute atomic E-state index is 12.4. The van der Waals surface area contributed by atoms with Gasteiger partial charge in [0.05, 0.1) is 17.1 Å². The highest BCUT2D eigenvalue weighted by atomic mass is 32.2. The summed E-state index contributed by atoms with van der Waals surface area (Å²) in [6.07, 6.45) is -0.248. The highest BCUT2D eigenvalue weighted by Crippen LogP contribution is 2.23. The van der Waals surface area contributed by atoms with Gasteiger partial charge in [-0.2, -0.15) is 4.31 Å². The van der Waals surface area contributed by atoms with E-state index in [9.17, 15) is 13.5 Å². The number of sulfonamides is 1. The summed E-state index contributed by atoms with van der Waals surface area (Å²) in [4.78, 5) is 0.115. The van der Waals surface area contributed by atoms with Crippen molar-refractivity contribution in [2.45, 2.75) is 31.0 Å². The zero-order valence-corrected chi connectivity index (χ0v) is 11.2. The quantitative estimate of drug-likeness (QED) is 0.877. The number of hydrogen-bond acceptors (Lipinski definition) is 4. The highest BCUT2D eigenvalue weighted by Gasteiger charge is 2.32. The number of benzene rings is 1. The minimum absolute atomic E-state index is 0.0505. The molecule has 1 aliphatic rings. The first-order valence-electron chi connectivity index (χ1n) is 5.84. The van der Waals surface area contributed by atoms with Gasteiger partial charge < -0.3 is 9.84 Å². The van der Waals surface area contributed by atoms with E-state index in [1.165, 1.54) is 28.6 Å². The standard InChI is InChI=1S/C12H17NO4S/c1-9-7-13(8-10(2)17-9)18(15,16)12-5-3-4-11(14)6-12/h3-6,9-10,14H,7-8H2,1-2H3/t9-,10+. The molecule has 0 aliphatic carbocycles.